The van der Waals surface area contributed by atoms with E-state index in [-0.39, 0.29) is 11.8 Å². The topological polar surface area (TPSA) is 80.3 Å². The van der Waals surface area contributed by atoms with Crippen molar-refractivity contribution in [2.75, 3.05) is 10.6 Å². The van der Waals surface area contributed by atoms with E-state index in [0.29, 0.717) is 27.2 Å². The second-order valence-electron chi connectivity index (χ2n) is 5.57. The largest absolute Gasteiger partial charge is 0.481 e. The lowest BCUT2D eigenvalue weighted by atomic mass is 10.2. The van der Waals surface area contributed by atoms with Crippen LogP contribution in [0.5, 0.6) is 5.75 Å². The number of amides is 2. The lowest BCUT2D eigenvalue weighted by Crippen LogP contribution is -2.30. The number of thiazole rings is 1. The van der Waals surface area contributed by atoms with Gasteiger partial charge in [-0.15, -0.1) is 11.3 Å². The van der Waals surface area contributed by atoms with Gasteiger partial charge in [-0.1, -0.05) is 11.6 Å². The van der Waals surface area contributed by atoms with E-state index in [1.165, 1.54) is 11.3 Å². The molecule has 0 aliphatic carbocycles. The molecule has 3 rings (SSSR count). The zero-order chi connectivity index (χ0) is 19.2. The fraction of sp³-hybridized carbons (Fsp3) is 0.105. The number of anilines is 2. The average Bonchev–Trinajstić information content (AvgIpc) is 3.17. The molecule has 8 heteroatoms. The van der Waals surface area contributed by atoms with E-state index in [0.717, 1.165) is 0 Å². The molecule has 0 fully saturated rings. The van der Waals surface area contributed by atoms with Crippen molar-refractivity contribution < 1.29 is 14.3 Å². The molecule has 2 amide bonds. The van der Waals surface area contributed by atoms with Gasteiger partial charge in [-0.2, -0.15) is 0 Å². The van der Waals surface area contributed by atoms with E-state index in [9.17, 15) is 9.59 Å². The highest BCUT2D eigenvalue weighted by molar-refractivity contribution is 7.13. The van der Waals surface area contributed by atoms with Gasteiger partial charge in [0.05, 0.1) is 0 Å². The van der Waals surface area contributed by atoms with E-state index >= 15 is 0 Å². The molecule has 0 radical (unpaired) electrons. The van der Waals surface area contributed by atoms with Crippen molar-refractivity contribution in [2.45, 2.75) is 13.0 Å². The van der Waals surface area contributed by atoms with Gasteiger partial charge >= 0.3 is 0 Å². The summed E-state index contributed by atoms with van der Waals surface area (Å²) in [6.07, 6.45) is 0.922. The van der Waals surface area contributed by atoms with Crippen LogP contribution in [0.4, 0.5) is 10.8 Å². The van der Waals surface area contributed by atoms with E-state index in [4.69, 9.17) is 16.3 Å². The van der Waals surface area contributed by atoms with Gasteiger partial charge in [0.25, 0.3) is 11.8 Å². The molecule has 0 bridgehead atoms. The predicted octanol–water partition coefficient (Wildman–Crippen LogP) is 4.45. The lowest BCUT2D eigenvalue weighted by Gasteiger charge is -2.15. The molecular weight excluding hydrogens is 386 g/mol. The van der Waals surface area contributed by atoms with Gasteiger partial charge in [-0.3, -0.25) is 14.9 Å². The molecule has 0 spiro atoms. The fourth-order valence-corrected chi connectivity index (χ4v) is 2.82. The van der Waals surface area contributed by atoms with Crippen LogP contribution in [0.2, 0.25) is 5.02 Å². The Kier molecular flexibility index (Phi) is 6.05. The number of carbonyl (C=O) groups is 2. The van der Waals surface area contributed by atoms with Crippen molar-refractivity contribution in [3.63, 3.8) is 0 Å². The Bertz CT molecular complexity index is 912. The van der Waals surface area contributed by atoms with E-state index in [1.54, 1.807) is 67.0 Å². The van der Waals surface area contributed by atoms with Crippen LogP contribution in [-0.4, -0.2) is 22.9 Å². The Morgan fingerprint density at radius 2 is 1.78 bits per heavy atom. The Balaban J connectivity index is 1.56. The zero-order valence-corrected chi connectivity index (χ0v) is 15.9. The molecule has 2 N–H and O–H groups in total. The normalized spacial score (nSPS) is 11.5. The third kappa shape index (κ3) is 5.29. The summed E-state index contributed by atoms with van der Waals surface area (Å²) in [6, 6.07) is 13.3. The number of nitrogens with zero attached hydrogens (tertiary/aromatic N) is 1. The summed E-state index contributed by atoms with van der Waals surface area (Å²) in [4.78, 5) is 28.4. The maximum atomic E-state index is 12.3. The number of ether oxygens (including phenoxy) is 1. The Labute approximate surface area is 165 Å². The Morgan fingerprint density at radius 3 is 2.41 bits per heavy atom. The number of benzene rings is 2. The first-order valence-corrected chi connectivity index (χ1v) is 9.31. The molecule has 1 aromatic heterocycles. The molecule has 138 valence electrons. The van der Waals surface area contributed by atoms with Gasteiger partial charge in [0, 0.05) is 27.9 Å². The second-order valence-corrected chi connectivity index (χ2v) is 6.90. The molecular formula is C19H16ClN3O3S. The van der Waals surface area contributed by atoms with Crippen LogP contribution in [-0.2, 0) is 4.79 Å². The SMILES string of the molecule is CC(Oc1ccc(Cl)cc1)C(=O)Nc1ccc(C(=O)Nc2nccs2)cc1. The summed E-state index contributed by atoms with van der Waals surface area (Å²) >= 11 is 7.17. The van der Waals surface area contributed by atoms with E-state index in [2.05, 4.69) is 15.6 Å². The van der Waals surface area contributed by atoms with E-state index < -0.39 is 6.10 Å². The van der Waals surface area contributed by atoms with Gasteiger partial charge in [-0.05, 0) is 55.5 Å². The van der Waals surface area contributed by atoms with Gasteiger partial charge in [0.2, 0.25) is 0 Å². The number of hydrogen-bond donors (Lipinski definition) is 2. The summed E-state index contributed by atoms with van der Waals surface area (Å²) in [6.45, 7) is 1.65. The zero-order valence-electron chi connectivity index (χ0n) is 14.3. The number of halogens is 1. The molecule has 0 aliphatic rings. The molecule has 1 atom stereocenters. The van der Waals surface area contributed by atoms with Gasteiger partial charge < -0.3 is 10.1 Å². The standard InChI is InChI=1S/C19H16ClN3O3S/c1-12(26-16-8-4-14(20)5-9-16)17(24)22-15-6-2-13(3-7-15)18(25)23-19-21-10-11-27-19/h2-12H,1H3,(H,22,24)(H,21,23,25). The molecule has 0 aliphatic heterocycles. The van der Waals surface area contributed by atoms with Gasteiger partial charge in [0.15, 0.2) is 11.2 Å². The summed E-state index contributed by atoms with van der Waals surface area (Å²) in [5, 5.41) is 8.36. The number of aromatic nitrogens is 1. The molecule has 0 saturated carbocycles. The molecule has 1 heterocycles. The van der Waals surface area contributed by atoms with Crippen molar-refractivity contribution in [1.82, 2.24) is 4.98 Å². The van der Waals surface area contributed by atoms with Crippen molar-refractivity contribution in [1.29, 1.82) is 0 Å². The summed E-state index contributed by atoms with van der Waals surface area (Å²) < 4.78 is 5.58. The molecule has 3 aromatic rings. The highest BCUT2D eigenvalue weighted by atomic mass is 35.5. The number of carbonyl (C=O) groups excluding carboxylic acids is 2. The summed E-state index contributed by atoms with van der Waals surface area (Å²) in [5.74, 6) is -0.0107. The second kappa shape index (κ2) is 8.66. The van der Waals surface area contributed by atoms with Crippen molar-refractivity contribution in [2.24, 2.45) is 0 Å². The summed E-state index contributed by atoms with van der Waals surface area (Å²) in [7, 11) is 0. The van der Waals surface area contributed by atoms with Crippen molar-refractivity contribution in [3.8, 4) is 5.75 Å². The monoisotopic (exact) mass is 401 g/mol. The first-order chi connectivity index (χ1) is 13.0. The van der Waals surface area contributed by atoms with Crippen LogP contribution in [0.25, 0.3) is 0 Å². The van der Waals surface area contributed by atoms with Crippen LogP contribution >= 0.6 is 22.9 Å². The van der Waals surface area contributed by atoms with Crippen LogP contribution in [0.3, 0.4) is 0 Å². The highest BCUT2D eigenvalue weighted by Crippen LogP contribution is 2.18. The number of rotatable bonds is 6. The predicted molar refractivity (Wildman–Crippen MR) is 107 cm³/mol. The summed E-state index contributed by atoms with van der Waals surface area (Å²) in [5.41, 5.74) is 1.03. The first-order valence-electron chi connectivity index (χ1n) is 8.05. The first kappa shape index (κ1) is 18.9. The number of hydrogen-bond acceptors (Lipinski definition) is 5. The Morgan fingerprint density at radius 1 is 1.07 bits per heavy atom. The molecule has 27 heavy (non-hydrogen) atoms. The molecule has 2 aromatic carbocycles. The minimum atomic E-state index is -0.695. The maximum absolute atomic E-state index is 12.3. The van der Waals surface area contributed by atoms with Crippen molar-refractivity contribution >= 4 is 45.6 Å². The van der Waals surface area contributed by atoms with Crippen LogP contribution < -0.4 is 15.4 Å². The minimum Gasteiger partial charge on any atom is -0.481 e. The van der Waals surface area contributed by atoms with Crippen molar-refractivity contribution in [3.05, 3.63) is 70.7 Å². The van der Waals surface area contributed by atoms with Crippen LogP contribution in [0.1, 0.15) is 17.3 Å². The lowest BCUT2D eigenvalue weighted by molar-refractivity contribution is -0.122. The molecule has 0 saturated heterocycles. The highest BCUT2D eigenvalue weighted by Gasteiger charge is 2.15. The van der Waals surface area contributed by atoms with E-state index in [1.807, 2.05) is 0 Å². The third-order valence-electron chi connectivity index (χ3n) is 3.56. The average molecular weight is 402 g/mol. The Hall–Kier alpha value is -2.90. The smallest absolute Gasteiger partial charge is 0.265 e. The molecule has 6 nitrogen and oxygen atoms in total. The van der Waals surface area contributed by atoms with Gasteiger partial charge in [0.1, 0.15) is 5.75 Å². The van der Waals surface area contributed by atoms with Crippen LogP contribution in [0.15, 0.2) is 60.1 Å². The molecule has 1 unspecified atom stereocenters. The van der Waals surface area contributed by atoms with Crippen LogP contribution in [0, 0.1) is 0 Å². The third-order valence-corrected chi connectivity index (χ3v) is 4.50. The quantitative estimate of drug-likeness (QED) is 0.639. The maximum Gasteiger partial charge on any atom is 0.265 e. The number of nitrogens with one attached hydrogen (secondary N) is 2. The minimum absolute atomic E-state index is 0.262. The van der Waals surface area contributed by atoms with Gasteiger partial charge in [-0.25, -0.2) is 4.98 Å². The fourth-order valence-electron chi connectivity index (χ4n) is 2.17.